The fraction of sp³-hybridized carbons (Fsp3) is 0.0500. The van der Waals surface area contributed by atoms with Crippen LogP contribution in [0, 0.1) is 0 Å². The molecule has 7 nitrogen and oxygen atoms in total. The molecule has 9 heteroatoms. The van der Waals surface area contributed by atoms with Crippen molar-refractivity contribution in [2.75, 3.05) is 5.32 Å². The van der Waals surface area contributed by atoms with Crippen LogP contribution in [0.5, 0.6) is 0 Å². The zero-order valence-corrected chi connectivity index (χ0v) is 14.8. The van der Waals surface area contributed by atoms with Crippen LogP contribution in [-0.2, 0) is 0 Å². The number of halogens is 2. The van der Waals surface area contributed by atoms with Gasteiger partial charge in [0, 0.05) is 23.5 Å². The summed E-state index contributed by atoms with van der Waals surface area (Å²) in [5, 5.41) is 2.91. The number of benzene rings is 2. The molecule has 0 unspecified atom stereocenters. The van der Waals surface area contributed by atoms with Crippen molar-refractivity contribution in [2.45, 2.75) is 6.43 Å². The Balaban J connectivity index is 1.80. The Bertz CT molecular complexity index is 1260. The lowest BCUT2D eigenvalue weighted by Crippen LogP contribution is -2.16. The first kappa shape index (κ1) is 18.4. The molecule has 0 saturated carbocycles. The standard InChI is InChI=1S/C20H13F2N5O2/c21-17(22)11-3-1-4-12(9-11)18-26-16-13(19(28)27-18)5-2-6-14(16)25-20(29)15-10-23-7-8-24-15/h1-10,17H,(H,25,29)(H,26,27,28). The molecule has 4 rings (SSSR count). The molecule has 2 heterocycles. The third kappa shape index (κ3) is 3.70. The summed E-state index contributed by atoms with van der Waals surface area (Å²) < 4.78 is 26.0. The Kier molecular flexibility index (Phi) is 4.78. The minimum absolute atomic E-state index is 0.0965. The van der Waals surface area contributed by atoms with Gasteiger partial charge < -0.3 is 10.3 Å². The number of nitrogens with one attached hydrogen (secondary N) is 2. The van der Waals surface area contributed by atoms with Gasteiger partial charge in [-0.2, -0.15) is 0 Å². The number of hydrogen-bond donors (Lipinski definition) is 2. The van der Waals surface area contributed by atoms with Crippen molar-refractivity contribution >= 4 is 22.5 Å². The maximum atomic E-state index is 13.0. The van der Waals surface area contributed by atoms with Gasteiger partial charge in [0.15, 0.2) is 0 Å². The van der Waals surface area contributed by atoms with Gasteiger partial charge in [-0.1, -0.05) is 24.3 Å². The first-order valence-corrected chi connectivity index (χ1v) is 8.52. The Morgan fingerprint density at radius 1 is 1.10 bits per heavy atom. The number of alkyl halides is 2. The van der Waals surface area contributed by atoms with Crippen molar-refractivity contribution in [1.29, 1.82) is 0 Å². The Morgan fingerprint density at radius 2 is 1.93 bits per heavy atom. The molecular weight excluding hydrogens is 380 g/mol. The number of para-hydroxylation sites is 1. The van der Waals surface area contributed by atoms with E-state index in [0.29, 0.717) is 5.56 Å². The first-order chi connectivity index (χ1) is 14.0. The minimum Gasteiger partial charge on any atom is -0.319 e. The van der Waals surface area contributed by atoms with Gasteiger partial charge in [-0.05, 0) is 18.2 Å². The highest BCUT2D eigenvalue weighted by Crippen LogP contribution is 2.26. The van der Waals surface area contributed by atoms with Gasteiger partial charge >= 0.3 is 0 Å². The van der Waals surface area contributed by atoms with Crippen molar-refractivity contribution in [2.24, 2.45) is 0 Å². The number of fused-ring (bicyclic) bond motifs is 1. The van der Waals surface area contributed by atoms with Gasteiger partial charge in [-0.15, -0.1) is 0 Å². The summed E-state index contributed by atoms with van der Waals surface area (Å²) in [5.74, 6) is -0.403. The Hall–Kier alpha value is -4.01. The number of amides is 1. The quantitative estimate of drug-likeness (QED) is 0.552. The second kappa shape index (κ2) is 7.55. The van der Waals surface area contributed by atoms with Crippen LogP contribution in [0.1, 0.15) is 22.5 Å². The number of carbonyl (C=O) groups excluding carboxylic acids is 1. The van der Waals surface area contributed by atoms with Gasteiger partial charge in [0.1, 0.15) is 17.0 Å². The lowest BCUT2D eigenvalue weighted by atomic mass is 10.1. The highest BCUT2D eigenvalue weighted by atomic mass is 19.3. The molecule has 0 atom stereocenters. The molecule has 0 spiro atoms. The molecule has 0 aliphatic heterocycles. The van der Waals surface area contributed by atoms with Crippen molar-refractivity contribution in [3.8, 4) is 11.4 Å². The molecule has 144 valence electrons. The first-order valence-electron chi connectivity index (χ1n) is 8.52. The van der Waals surface area contributed by atoms with Crippen LogP contribution in [0.25, 0.3) is 22.3 Å². The van der Waals surface area contributed by atoms with E-state index in [9.17, 15) is 18.4 Å². The molecule has 2 N–H and O–H groups in total. The van der Waals surface area contributed by atoms with Crippen LogP contribution >= 0.6 is 0 Å². The van der Waals surface area contributed by atoms with E-state index in [2.05, 4.69) is 25.3 Å². The number of aromatic nitrogens is 4. The minimum atomic E-state index is -2.65. The number of aromatic amines is 1. The number of anilines is 1. The molecule has 0 aliphatic rings. The zero-order valence-electron chi connectivity index (χ0n) is 14.8. The lowest BCUT2D eigenvalue weighted by Gasteiger charge is -2.10. The molecule has 0 bridgehead atoms. The number of H-pyrrole nitrogens is 1. The van der Waals surface area contributed by atoms with Crippen molar-refractivity contribution in [1.82, 2.24) is 19.9 Å². The molecular formula is C20H13F2N5O2. The summed E-state index contributed by atoms with van der Waals surface area (Å²) in [4.78, 5) is 39.7. The van der Waals surface area contributed by atoms with Gasteiger partial charge in [0.25, 0.3) is 17.9 Å². The Morgan fingerprint density at radius 3 is 2.69 bits per heavy atom. The summed E-state index contributed by atoms with van der Waals surface area (Å²) in [6, 6.07) is 10.3. The van der Waals surface area contributed by atoms with Crippen LogP contribution < -0.4 is 10.9 Å². The fourth-order valence-electron chi connectivity index (χ4n) is 2.82. The second-order valence-electron chi connectivity index (χ2n) is 6.09. The predicted octanol–water partition coefficient (Wildman–Crippen LogP) is 3.57. The summed E-state index contributed by atoms with van der Waals surface area (Å²) in [7, 11) is 0. The predicted molar refractivity (Wildman–Crippen MR) is 103 cm³/mol. The average molecular weight is 393 g/mol. The highest BCUT2D eigenvalue weighted by molar-refractivity contribution is 6.07. The van der Waals surface area contributed by atoms with Crippen LogP contribution in [0.4, 0.5) is 14.5 Å². The largest absolute Gasteiger partial charge is 0.319 e. The number of carbonyl (C=O) groups is 1. The maximum absolute atomic E-state index is 13.0. The van der Waals surface area contributed by atoms with Crippen LogP contribution in [0.15, 0.2) is 65.8 Å². The molecule has 0 saturated heterocycles. The number of rotatable bonds is 4. The third-order valence-corrected chi connectivity index (χ3v) is 4.19. The molecule has 1 amide bonds. The van der Waals surface area contributed by atoms with Gasteiger partial charge in [-0.25, -0.2) is 18.7 Å². The lowest BCUT2D eigenvalue weighted by molar-refractivity contribution is 0.102. The third-order valence-electron chi connectivity index (χ3n) is 4.19. The van der Waals surface area contributed by atoms with E-state index in [1.807, 2.05) is 0 Å². The normalized spacial score (nSPS) is 11.0. The van der Waals surface area contributed by atoms with E-state index in [4.69, 9.17) is 0 Å². The summed E-state index contributed by atoms with van der Waals surface area (Å²) in [5.41, 5.74) is 0.301. The molecule has 29 heavy (non-hydrogen) atoms. The molecule has 4 aromatic rings. The summed E-state index contributed by atoms with van der Waals surface area (Å²) in [6.07, 6.45) is 1.48. The monoisotopic (exact) mass is 393 g/mol. The van der Waals surface area contributed by atoms with E-state index in [1.165, 1.54) is 36.8 Å². The van der Waals surface area contributed by atoms with E-state index >= 15 is 0 Å². The van der Waals surface area contributed by atoms with Crippen molar-refractivity contribution < 1.29 is 13.6 Å². The van der Waals surface area contributed by atoms with Gasteiger partial charge in [0.05, 0.1) is 17.3 Å². The van der Waals surface area contributed by atoms with Crippen molar-refractivity contribution in [3.63, 3.8) is 0 Å². The zero-order chi connectivity index (χ0) is 20.4. The smallest absolute Gasteiger partial charge is 0.275 e. The molecule has 0 fully saturated rings. The maximum Gasteiger partial charge on any atom is 0.275 e. The van der Waals surface area contributed by atoms with Gasteiger partial charge in [-0.3, -0.25) is 14.6 Å². The molecule has 2 aromatic heterocycles. The van der Waals surface area contributed by atoms with E-state index in [1.54, 1.807) is 24.3 Å². The SMILES string of the molecule is O=C(Nc1cccc2c(=O)[nH]c(-c3cccc(C(F)F)c3)nc12)c1cnccn1. The molecule has 0 radical (unpaired) electrons. The van der Waals surface area contributed by atoms with Crippen LogP contribution in [-0.4, -0.2) is 25.8 Å². The van der Waals surface area contributed by atoms with E-state index in [-0.39, 0.29) is 33.7 Å². The van der Waals surface area contributed by atoms with E-state index in [0.717, 1.165) is 0 Å². The van der Waals surface area contributed by atoms with Crippen molar-refractivity contribution in [3.05, 3.63) is 82.7 Å². The molecule has 2 aromatic carbocycles. The summed E-state index contributed by atoms with van der Waals surface area (Å²) in [6.45, 7) is 0. The van der Waals surface area contributed by atoms with Crippen LogP contribution in [0.2, 0.25) is 0 Å². The fourth-order valence-corrected chi connectivity index (χ4v) is 2.82. The molecule has 0 aliphatic carbocycles. The average Bonchev–Trinajstić information content (AvgIpc) is 2.75. The van der Waals surface area contributed by atoms with Gasteiger partial charge in [0.2, 0.25) is 0 Å². The topological polar surface area (TPSA) is 101 Å². The second-order valence-corrected chi connectivity index (χ2v) is 6.09. The number of hydrogen-bond acceptors (Lipinski definition) is 5. The summed E-state index contributed by atoms with van der Waals surface area (Å²) >= 11 is 0. The van der Waals surface area contributed by atoms with Crippen LogP contribution in [0.3, 0.4) is 0 Å². The highest BCUT2D eigenvalue weighted by Gasteiger charge is 2.14. The van der Waals surface area contributed by atoms with E-state index < -0.39 is 17.9 Å². The Labute approximate surface area is 162 Å². The number of nitrogens with zero attached hydrogens (tertiary/aromatic N) is 3.